The van der Waals surface area contributed by atoms with Crippen LogP contribution in [-0.2, 0) is 4.79 Å². The molecule has 0 heterocycles. The molecule has 2 N–H and O–H groups in total. The van der Waals surface area contributed by atoms with Crippen LogP contribution in [0, 0.1) is 0 Å². The van der Waals surface area contributed by atoms with E-state index >= 15 is 0 Å². The van der Waals surface area contributed by atoms with E-state index in [4.69, 9.17) is 5.73 Å². The maximum absolute atomic E-state index is 10.9. The Kier molecular flexibility index (Phi) is 10.1. The van der Waals surface area contributed by atoms with Crippen molar-refractivity contribution in [2.24, 2.45) is 5.73 Å². The van der Waals surface area contributed by atoms with Gasteiger partial charge in [0, 0.05) is 12.5 Å². The fourth-order valence-corrected chi connectivity index (χ4v) is 1.94. The number of thiol groups is 1. The Balaban J connectivity index is 3.17. The van der Waals surface area contributed by atoms with Crippen LogP contribution in [0.25, 0.3) is 0 Å². The van der Waals surface area contributed by atoms with E-state index in [0.29, 0.717) is 17.6 Å². The van der Waals surface area contributed by atoms with E-state index in [1.807, 2.05) is 6.26 Å². The molecular weight excluding hydrogens is 214 g/mol. The van der Waals surface area contributed by atoms with Crippen LogP contribution in [0.4, 0.5) is 0 Å². The summed E-state index contributed by atoms with van der Waals surface area (Å²) in [6.45, 7) is 0. The van der Waals surface area contributed by atoms with Crippen molar-refractivity contribution in [2.75, 3.05) is 12.0 Å². The second kappa shape index (κ2) is 9.87. The number of carbonyl (C=O) groups is 1. The van der Waals surface area contributed by atoms with Crippen LogP contribution < -0.4 is 5.73 Å². The van der Waals surface area contributed by atoms with Gasteiger partial charge >= 0.3 is 0 Å². The lowest BCUT2D eigenvalue weighted by molar-refractivity contribution is -0.111. The Labute approximate surface area is 96.8 Å². The highest BCUT2D eigenvalue weighted by atomic mass is 32.2. The van der Waals surface area contributed by atoms with Crippen molar-refractivity contribution in [3.05, 3.63) is 0 Å². The molecule has 0 fully saturated rings. The highest BCUT2D eigenvalue weighted by Crippen LogP contribution is 2.10. The van der Waals surface area contributed by atoms with Gasteiger partial charge in [-0.05, 0) is 31.3 Å². The van der Waals surface area contributed by atoms with Gasteiger partial charge in [0.2, 0.25) is 0 Å². The third-order valence-electron chi connectivity index (χ3n) is 2.18. The zero-order chi connectivity index (χ0) is 10.8. The summed E-state index contributed by atoms with van der Waals surface area (Å²) in [5.74, 6) is 0.867. The minimum Gasteiger partial charge on any atom is -0.328 e. The highest BCUT2D eigenvalue weighted by Gasteiger charge is 2.02. The van der Waals surface area contributed by atoms with Crippen molar-refractivity contribution in [2.45, 2.75) is 44.6 Å². The molecule has 84 valence electrons. The van der Waals surface area contributed by atoms with Crippen LogP contribution in [-0.4, -0.2) is 23.2 Å². The van der Waals surface area contributed by atoms with E-state index < -0.39 is 0 Å². The molecule has 0 aromatic heterocycles. The van der Waals surface area contributed by atoms with Gasteiger partial charge in [0.1, 0.15) is 0 Å². The van der Waals surface area contributed by atoms with Crippen LogP contribution in [0.1, 0.15) is 38.5 Å². The molecule has 0 amide bonds. The molecule has 0 aromatic carbocycles. The molecule has 0 aliphatic carbocycles. The number of rotatable bonds is 8. The number of hydrogen-bond acceptors (Lipinski definition) is 4. The van der Waals surface area contributed by atoms with E-state index in [-0.39, 0.29) is 0 Å². The van der Waals surface area contributed by atoms with E-state index in [1.54, 1.807) is 0 Å². The Morgan fingerprint density at radius 2 is 2.07 bits per heavy atom. The standard InChI is InChI=1S/C10H21NOS2/c1-14-10(12)6-4-2-3-5-9(11)7-8-13/h9,13H,2-8,11H2,1H3. The minimum atomic E-state index is 0.295. The molecular formula is C10H21NOS2. The molecule has 2 nitrogen and oxygen atoms in total. The smallest absolute Gasteiger partial charge is 0.188 e. The van der Waals surface area contributed by atoms with Gasteiger partial charge in [-0.2, -0.15) is 12.6 Å². The normalized spacial score (nSPS) is 12.8. The van der Waals surface area contributed by atoms with Gasteiger partial charge in [-0.25, -0.2) is 0 Å². The molecule has 0 rings (SSSR count). The van der Waals surface area contributed by atoms with Crippen LogP contribution in [0.2, 0.25) is 0 Å². The summed E-state index contributed by atoms with van der Waals surface area (Å²) in [6, 6.07) is 0.295. The maximum Gasteiger partial charge on any atom is 0.188 e. The van der Waals surface area contributed by atoms with Gasteiger partial charge < -0.3 is 5.73 Å². The molecule has 0 aliphatic rings. The molecule has 0 aromatic rings. The number of nitrogens with two attached hydrogens (primary N) is 1. The zero-order valence-corrected chi connectivity index (χ0v) is 10.6. The average molecular weight is 235 g/mol. The molecule has 0 radical (unpaired) electrons. The number of carbonyl (C=O) groups excluding carboxylic acids is 1. The van der Waals surface area contributed by atoms with Crippen molar-refractivity contribution in [1.82, 2.24) is 0 Å². The van der Waals surface area contributed by atoms with Crippen LogP contribution in [0.3, 0.4) is 0 Å². The molecule has 0 saturated carbocycles. The zero-order valence-electron chi connectivity index (χ0n) is 8.87. The second-order valence-corrected chi connectivity index (χ2v) is 4.76. The summed E-state index contributed by atoms with van der Waals surface area (Å²) in [4.78, 5) is 10.9. The molecule has 1 unspecified atom stereocenters. The van der Waals surface area contributed by atoms with E-state index in [0.717, 1.165) is 37.9 Å². The SMILES string of the molecule is CSC(=O)CCCCCC(N)CCS. The van der Waals surface area contributed by atoms with Gasteiger partial charge in [-0.15, -0.1) is 0 Å². The van der Waals surface area contributed by atoms with Crippen LogP contribution >= 0.6 is 24.4 Å². The summed E-state index contributed by atoms with van der Waals surface area (Å²) in [5, 5.41) is 0.296. The lowest BCUT2D eigenvalue weighted by atomic mass is 10.1. The third-order valence-corrected chi connectivity index (χ3v) is 3.10. The van der Waals surface area contributed by atoms with Crippen molar-refractivity contribution in [3.63, 3.8) is 0 Å². The van der Waals surface area contributed by atoms with Gasteiger partial charge in [0.25, 0.3) is 0 Å². The first-order valence-corrected chi connectivity index (χ1v) is 6.99. The van der Waals surface area contributed by atoms with Gasteiger partial charge in [0.05, 0.1) is 0 Å². The molecule has 1 atom stereocenters. The highest BCUT2D eigenvalue weighted by molar-refractivity contribution is 8.13. The van der Waals surface area contributed by atoms with Gasteiger partial charge in [-0.1, -0.05) is 24.6 Å². The average Bonchev–Trinajstić information content (AvgIpc) is 2.17. The fourth-order valence-electron chi connectivity index (χ4n) is 1.26. The monoisotopic (exact) mass is 235 g/mol. The quantitative estimate of drug-likeness (QED) is 0.502. The summed E-state index contributed by atoms with van der Waals surface area (Å²) < 4.78 is 0. The topological polar surface area (TPSA) is 43.1 Å². The van der Waals surface area contributed by atoms with E-state index in [9.17, 15) is 4.79 Å². The maximum atomic E-state index is 10.9. The predicted octanol–water partition coefficient (Wildman–Crippen LogP) is 2.47. The van der Waals surface area contributed by atoms with Crippen molar-refractivity contribution >= 4 is 29.5 Å². The van der Waals surface area contributed by atoms with Crippen molar-refractivity contribution in [3.8, 4) is 0 Å². The Hall–Kier alpha value is 0.330. The summed E-state index contributed by atoms with van der Waals surface area (Å²) in [6.07, 6.45) is 7.87. The van der Waals surface area contributed by atoms with Gasteiger partial charge in [0.15, 0.2) is 5.12 Å². The lowest BCUT2D eigenvalue weighted by Gasteiger charge is -2.08. The van der Waals surface area contributed by atoms with Crippen LogP contribution in [0.5, 0.6) is 0 Å². The largest absolute Gasteiger partial charge is 0.328 e. The predicted molar refractivity (Wildman–Crippen MR) is 68.1 cm³/mol. The first kappa shape index (κ1) is 14.3. The van der Waals surface area contributed by atoms with E-state index in [1.165, 1.54) is 11.8 Å². The first-order valence-electron chi connectivity index (χ1n) is 5.14. The molecule has 4 heteroatoms. The number of thioether (sulfide) groups is 1. The van der Waals surface area contributed by atoms with Crippen molar-refractivity contribution in [1.29, 1.82) is 0 Å². The second-order valence-electron chi connectivity index (χ2n) is 3.45. The Bertz CT molecular complexity index is 153. The van der Waals surface area contributed by atoms with Gasteiger partial charge in [-0.3, -0.25) is 4.79 Å². The summed E-state index contributed by atoms with van der Waals surface area (Å²) >= 11 is 5.46. The van der Waals surface area contributed by atoms with E-state index in [2.05, 4.69) is 12.6 Å². The number of unbranched alkanes of at least 4 members (excludes halogenated alkanes) is 2. The third kappa shape index (κ3) is 8.91. The molecule has 0 spiro atoms. The Morgan fingerprint density at radius 1 is 1.36 bits per heavy atom. The molecule has 0 aliphatic heterocycles. The molecule has 14 heavy (non-hydrogen) atoms. The fraction of sp³-hybridized carbons (Fsp3) is 0.900. The summed E-state index contributed by atoms with van der Waals surface area (Å²) in [7, 11) is 0. The lowest BCUT2D eigenvalue weighted by Crippen LogP contribution is -2.20. The number of hydrogen-bond donors (Lipinski definition) is 2. The molecule has 0 saturated heterocycles. The molecule has 0 bridgehead atoms. The first-order chi connectivity index (χ1) is 6.70. The van der Waals surface area contributed by atoms with Crippen molar-refractivity contribution < 1.29 is 4.79 Å². The Morgan fingerprint density at radius 3 is 2.64 bits per heavy atom. The van der Waals surface area contributed by atoms with Crippen LogP contribution in [0.15, 0.2) is 0 Å². The summed E-state index contributed by atoms with van der Waals surface area (Å²) in [5.41, 5.74) is 5.83. The minimum absolute atomic E-state index is 0.295.